The van der Waals surface area contributed by atoms with Crippen LogP contribution < -0.4 is 4.90 Å². The Labute approximate surface area is 271 Å². The highest BCUT2D eigenvalue weighted by Crippen LogP contribution is 2.43. The second-order valence-electron chi connectivity index (χ2n) is 11.4. The van der Waals surface area contributed by atoms with Gasteiger partial charge in [-0.1, -0.05) is 72.8 Å². The molecule has 0 unspecified atom stereocenters. The van der Waals surface area contributed by atoms with Gasteiger partial charge < -0.3 is 4.90 Å². The van der Waals surface area contributed by atoms with Crippen molar-refractivity contribution in [3.63, 3.8) is 0 Å². The predicted octanol–water partition coefficient (Wildman–Crippen LogP) is 10.0. The third-order valence-corrected chi connectivity index (χ3v) is 8.66. The zero-order valence-electron chi connectivity index (χ0n) is 25.3. The molecule has 6 nitrogen and oxygen atoms in total. The van der Waals surface area contributed by atoms with Gasteiger partial charge in [-0.25, -0.2) is 9.97 Å². The molecule has 47 heavy (non-hydrogen) atoms. The second kappa shape index (κ2) is 11.1. The van der Waals surface area contributed by atoms with E-state index in [1.165, 1.54) is 10.8 Å². The molecule has 0 saturated carbocycles. The number of aromatic nitrogens is 5. The minimum Gasteiger partial charge on any atom is -0.310 e. The van der Waals surface area contributed by atoms with E-state index in [0.29, 0.717) is 5.82 Å². The van der Waals surface area contributed by atoms with Gasteiger partial charge in [0.25, 0.3) is 0 Å². The Morgan fingerprint density at radius 1 is 0.468 bits per heavy atom. The SMILES string of the molecule is c1ccc(N(c2ccccc2)c2cc(-c3ncccn3)cc(-n3c4cnccc4c4c5ccccc5n(-c5ccccc5)c43)c2)cc1. The van der Waals surface area contributed by atoms with Crippen LogP contribution in [0.5, 0.6) is 0 Å². The van der Waals surface area contributed by atoms with Gasteiger partial charge in [0.05, 0.1) is 22.9 Å². The fourth-order valence-corrected chi connectivity index (χ4v) is 6.73. The molecule has 0 aliphatic carbocycles. The summed E-state index contributed by atoms with van der Waals surface area (Å²) in [7, 11) is 0. The molecule has 5 aromatic carbocycles. The lowest BCUT2D eigenvalue weighted by Gasteiger charge is -2.27. The van der Waals surface area contributed by atoms with Crippen LogP contribution in [0, 0.1) is 0 Å². The number of rotatable bonds is 6. The molecule has 0 amide bonds. The number of anilines is 3. The largest absolute Gasteiger partial charge is 0.310 e. The normalized spacial score (nSPS) is 11.4. The van der Waals surface area contributed by atoms with Crippen molar-refractivity contribution in [2.24, 2.45) is 0 Å². The molecule has 0 fully saturated rings. The molecule has 4 heterocycles. The van der Waals surface area contributed by atoms with E-state index in [4.69, 9.17) is 0 Å². The Bertz CT molecular complexity index is 2460. The molecule has 0 saturated heterocycles. The first-order chi connectivity index (χ1) is 23.3. The Balaban J connectivity index is 1.42. The Morgan fingerprint density at radius 3 is 1.81 bits per heavy atom. The smallest absolute Gasteiger partial charge is 0.159 e. The van der Waals surface area contributed by atoms with Crippen molar-refractivity contribution < 1.29 is 0 Å². The van der Waals surface area contributed by atoms with Crippen LogP contribution in [0.4, 0.5) is 17.1 Å². The van der Waals surface area contributed by atoms with Gasteiger partial charge in [0.2, 0.25) is 0 Å². The average molecular weight is 605 g/mol. The molecule has 0 N–H and O–H groups in total. The lowest BCUT2D eigenvalue weighted by Crippen LogP contribution is -2.11. The molecule has 9 aromatic rings. The summed E-state index contributed by atoms with van der Waals surface area (Å²) in [5, 5.41) is 3.53. The first kappa shape index (κ1) is 26.8. The Hall–Kier alpha value is -6.53. The summed E-state index contributed by atoms with van der Waals surface area (Å²) in [5.41, 5.74) is 9.33. The van der Waals surface area contributed by atoms with Gasteiger partial charge in [-0.15, -0.1) is 0 Å². The van der Waals surface area contributed by atoms with Crippen molar-refractivity contribution in [3.05, 3.63) is 170 Å². The monoisotopic (exact) mass is 604 g/mol. The fourth-order valence-electron chi connectivity index (χ4n) is 6.73. The zero-order chi connectivity index (χ0) is 31.2. The van der Waals surface area contributed by atoms with E-state index in [0.717, 1.165) is 56.1 Å². The third kappa shape index (κ3) is 4.46. The van der Waals surface area contributed by atoms with E-state index < -0.39 is 0 Å². The van der Waals surface area contributed by atoms with Crippen LogP contribution in [0.15, 0.2) is 170 Å². The number of hydrogen-bond acceptors (Lipinski definition) is 4. The lowest BCUT2D eigenvalue weighted by molar-refractivity contribution is 1.06. The number of benzene rings is 5. The van der Waals surface area contributed by atoms with Crippen LogP contribution in [0.25, 0.3) is 55.6 Å². The molecular weight excluding hydrogens is 576 g/mol. The number of nitrogens with zero attached hydrogens (tertiary/aromatic N) is 6. The van der Waals surface area contributed by atoms with Crippen LogP contribution in [0.1, 0.15) is 0 Å². The minimum absolute atomic E-state index is 0.658. The van der Waals surface area contributed by atoms with Crippen LogP contribution in [0.2, 0.25) is 0 Å². The van der Waals surface area contributed by atoms with Gasteiger partial charge in [0.15, 0.2) is 5.82 Å². The average Bonchev–Trinajstić information content (AvgIpc) is 3.66. The predicted molar refractivity (Wildman–Crippen MR) is 191 cm³/mol. The molecule has 0 radical (unpaired) electrons. The number of fused-ring (bicyclic) bond motifs is 5. The van der Waals surface area contributed by atoms with E-state index in [1.54, 1.807) is 12.4 Å². The summed E-state index contributed by atoms with van der Waals surface area (Å²) in [5.74, 6) is 0.658. The maximum Gasteiger partial charge on any atom is 0.159 e. The molecule has 0 atom stereocenters. The standard InChI is InChI=1S/C41H28N6/c1-4-13-30(14-5-1)45(31-15-6-2-7-16-31)33-25-29(40-43-22-12-23-44-40)26-34(27-33)47-38-28-42-24-21-36(38)39-35-19-10-11-20-37(35)46(41(39)47)32-17-8-3-9-18-32/h1-28H. The van der Waals surface area contributed by atoms with Crippen LogP contribution in [-0.4, -0.2) is 24.1 Å². The van der Waals surface area contributed by atoms with E-state index in [-0.39, 0.29) is 0 Å². The van der Waals surface area contributed by atoms with E-state index >= 15 is 0 Å². The van der Waals surface area contributed by atoms with Gasteiger partial charge in [-0.3, -0.25) is 14.1 Å². The van der Waals surface area contributed by atoms with Gasteiger partial charge in [-0.2, -0.15) is 0 Å². The topological polar surface area (TPSA) is 51.8 Å². The highest BCUT2D eigenvalue weighted by molar-refractivity contribution is 6.22. The molecule has 0 spiro atoms. The number of pyridine rings is 1. The zero-order valence-corrected chi connectivity index (χ0v) is 25.3. The molecule has 0 aliphatic rings. The van der Waals surface area contributed by atoms with E-state index in [2.05, 4.69) is 156 Å². The van der Waals surface area contributed by atoms with Crippen molar-refractivity contribution in [2.75, 3.05) is 4.90 Å². The van der Waals surface area contributed by atoms with Crippen molar-refractivity contribution in [2.45, 2.75) is 0 Å². The first-order valence-electron chi connectivity index (χ1n) is 15.6. The molecule has 6 heteroatoms. The van der Waals surface area contributed by atoms with Gasteiger partial charge >= 0.3 is 0 Å². The summed E-state index contributed by atoms with van der Waals surface area (Å²) in [4.78, 5) is 16.3. The third-order valence-electron chi connectivity index (χ3n) is 8.66. The summed E-state index contributed by atoms with van der Waals surface area (Å²) >= 11 is 0. The maximum atomic E-state index is 4.69. The van der Waals surface area contributed by atoms with Crippen LogP contribution in [0.3, 0.4) is 0 Å². The number of para-hydroxylation sites is 4. The molecule has 4 aromatic heterocycles. The Kier molecular flexibility index (Phi) is 6.35. The van der Waals surface area contributed by atoms with Gasteiger partial charge in [0, 0.05) is 63.1 Å². The fraction of sp³-hybridized carbons (Fsp3) is 0. The minimum atomic E-state index is 0.658. The van der Waals surface area contributed by atoms with Crippen LogP contribution >= 0.6 is 0 Å². The molecule has 0 bridgehead atoms. The maximum absolute atomic E-state index is 4.69. The summed E-state index contributed by atoms with van der Waals surface area (Å²) in [6, 6.07) is 50.7. The van der Waals surface area contributed by atoms with E-state index in [9.17, 15) is 0 Å². The van der Waals surface area contributed by atoms with Crippen LogP contribution in [-0.2, 0) is 0 Å². The van der Waals surface area contributed by atoms with E-state index in [1.807, 2.05) is 30.6 Å². The van der Waals surface area contributed by atoms with Crippen molar-refractivity contribution in [1.82, 2.24) is 24.1 Å². The van der Waals surface area contributed by atoms with Crippen molar-refractivity contribution in [3.8, 4) is 22.8 Å². The highest BCUT2D eigenvalue weighted by Gasteiger charge is 2.24. The van der Waals surface area contributed by atoms with Crippen molar-refractivity contribution >= 4 is 49.9 Å². The first-order valence-corrected chi connectivity index (χ1v) is 15.6. The quantitative estimate of drug-likeness (QED) is 0.190. The highest BCUT2D eigenvalue weighted by atomic mass is 15.2. The molecule has 0 aliphatic heterocycles. The molecule has 222 valence electrons. The van der Waals surface area contributed by atoms with Gasteiger partial charge in [-0.05, 0) is 72.8 Å². The van der Waals surface area contributed by atoms with Crippen molar-refractivity contribution in [1.29, 1.82) is 0 Å². The Morgan fingerprint density at radius 2 is 1.09 bits per heavy atom. The molecule has 9 rings (SSSR count). The summed E-state index contributed by atoms with van der Waals surface area (Å²) < 4.78 is 4.71. The van der Waals surface area contributed by atoms with Gasteiger partial charge in [0.1, 0.15) is 5.65 Å². The molecular formula is C41H28N6. The summed E-state index contributed by atoms with van der Waals surface area (Å²) in [6.45, 7) is 0. The lowest BCUT2D eigenvalue weighted by atomic mass is 10.1. The number of hydrogen-bond donors (Lipinski definition) is 0. The summed E-state index contributed by atoms with van der Waals surface area (Å²) in [6.07, 6.45) is 7.44. The second-order valence-corrected chi connectivity index (χ2v) is 11.4.